The van der Waals surface area contributed by atoms with Gasteiger partial charge in [-0.1, -0.05) is 26.0 Å². The number of para-hydroxylation sites is 2. The number of nitro groups is 1. The van der Waals surface area contributed by atoms with Crippen LogP contribution in [0.3, 0.4) is 0 Å². The van der Waals surface area contributed by atoms with Crippen molar-refractivity contribution in [3.05, 3.63) is 46.2 Å². The summed E-state index contributed by atoms with van der Waals surface area (Å²) in [6, 6.07) is 5.50. The minimum Gasteiger partial charge on any atom is -0.462 e. The number of rotatable bonds is 9. The maximum Gasteiger partial charge on any atom is 0.374 e. The molecule has 0 heterocycles. The van der Waals surface area contributed by atoms with Gasteiger partial charge in [0.15, 0.2) is 0 Å². The van der Waals surface area contributed by atoms with E-state index in [9.17, 15) is 19.7 Å². The lowest BCUT2D eigenvalue weighted by atomic mass is 10.3. The molecule has 8 nitrogen and oxygen atoms in total. The Balaban J connectivity index is 3.05. The van der Waals surface area contributed by atoms with E-state index in [0.29, 0.717) is 12.8 Å². The zero-order valence-electron chi connectivity index (χ0n) is 13.5. The number of benzene rings is 1. The predicted octanol–water partition coefficient (Wildman–Crippen LogP) is 2.76. The fourth-order valence-corrected chi connectivity index (χ4v) is 1.56. The lowest BCUT2D eigenvalue weighted by molar-refractivity contribution is -0.385. The van der Waals surface area contributed by atoms with Crippen LogP contribution in [-0.4, -0.2) is 30.1 Å². The molecule has 0 N–H and O–H groups in total. The third-order valence-corrected chi connectivity index (χ3v) is 2.62. The Morgan fingerprint density at radius 3 is 2.38 bits per heavy atom. The lowest BCUT2D eigenvalue weighted by Crippen LogP contribution is -2.16. The molecule has 0 atom stereocenters. The minimum absolute atomic E-state index is 0.125. The predicted molar refractivity (Wildman–Crippen MR) is 84.3 cm³/mol. The number of nitro benzene ring substituents is 1. The summed E-state index contributed by atoms with van der Waals surface area (Å²) >= 11 is 0. The molecule has 0 saturated heterocycles. The van der Waals surface area contributed by atoms with Crippen LogP contribution < -0.4 is 4.74 Å². The smallest absolute Gasteiger partial charge is 0.374 e. The molecule has 0 saturated carbocycles. The maximum atomic E-state index is 12.0. The van der Waals surface area contributed by atoms with Gasteiger partial charge in [0.2, 0.25) is 11.5 Å². The second kappa shape index (κ2) is 9.98. The number of esters is 2. The van der Waals surface area contributed by atoms with Crippen LogP contribution in [0.2, 0.25) is 0 Å². The monoisotopic (exact) mass is 337 g/mol. The first-order valence-corrected chi connectivity index (χ1v) is 7.46. The summed E-state index contributed by atoms with van der Waals surface area (Å²) in [5.41, 5.74) is -0.339. The number of carbonyl (C=O) groups is 2. The van der Waals surface area contributed by atoms with Crippen molar-refractivity contribution in [2.24, 2.45) is 0 Å². The maximum absolute atomic E-state index is 12.0. The molecule has 0 bridgehead atoms. The van der Waals surface area contributed by atoms with E-state index in [2.05, 4.69) is 0 Å². The van der Waals surface area contributed by atoms with E-state index in [1.165, 1.54) is 24.3 Å². The van der Waals surface area contributed by atoms with Gasteiger partial charge in [-0.25, -0.2) is 9.59 Å². The molecule has 0 aliphatic carbocycles. The SMILES string of the molecule is CCCOC(=O)/C=C(/Oc1ccccc1[N+](=O)[O-])C(=O)OCCC. The first-order chi connectivity index (χ1) is 11.5. The third-order valence-electron chi connectivity index (χ3n) is 2.62. The van der Waals surface area contributed by atoms with Gasteiger partial charge < -0.3 is 14.2 Å². The largest absolute Gasteiger partial charge is 0.462 e. The Morgan fingerprint density at radius 2 is 1.75 bits per heavy atom. The van der Waals surface area contributed by atoms with Crippen molar-refractivity contribution in [1.29, 1.82) is 0 Å². The number of nitrogens with zero attached hydrogens (tertiary/aromatic N) is 1. The molecular formula is C16H19NO7. The van der Waals surface area contributed by atoms with Gasteiger partial charge in [-0.05, 0) is 18.9 Å². The van der Waals surface area contributed by atoms with Gasteiger partial charge >= 0.3 is 17.6 Å². The molecule has 0 aliphatic rings. The molecule has 0 radical (unpaired) electrons. The van der Waals surface area contributed by atoms with Crippen LogP contribution in [0.5, 0.6) is 5.75 Å². The Morgan fingerprint density at radius 1 is 1.12 bits per heavy atom. The fraction of sp³-hybridized carbons (Fsp3) is 0.375. The van der Waals surface area contributed by atoms with Gasteiger partial charge in [-0.3, -0.25) is 10.1 Å². The topological polar surface area (TPSA) is 105 Å². The van der Waals surface area contributed by atoms with Crippen LogP contribution in [0.1, 0.15) is 26.7 Å². The molecule has 1 aromatic rings. The normalized spacial score (nSPS) is 10.8. The van der Waals surface area contributed by atoms with Gasteiger partial charge in [0, 0.05) is 6.07 Å². The molecule has 0 aliphatic heterocycles. The summed E-state index contributed by atoms with van der Waals surface area (Å²) in [5.74, 6) is -2.34. The summed E-state index contributed by atoms with van der Waals surface area (Å²) in [6.45, 7) is 3.92. The summed E-state index contributed by atoms with van der Waals surface area (Å²) in [7, 11) is 0. The average Bonchev–Trinajstić information content (AvgIpc) is 2.57. The van der Waals surface area contributed by atoms with E-state index in [1.807, 2.05) is 6.92 Å². The number of ether oxygens (including phenoxy) is 3. The van der Waals surface area contributed by atoms with Crippen molar-refractivity contribution in [3.8, 4) is 5.75 Å². The van der Waals surface area contributed by atoms with Gasteiger partial charge in [0.05, 0.1) is 24.2 Å². The zero-order valence-corrected chi connectivity index (χ0v) is 13.5. The van der Waals surface area contributed by atoms with Gasteiger partial charge in [0.1, 0.15) is 0 Å². The lowest BCUT2D eigenvalue weighted by Gasteiger charge is -2.10. The fourth-order valence-electron chi connectivity index (χ4n) is 1.56. The van der Waals surface area contributed by atoms with Crippen molar-refractivity contribution in [2.75, 3.05) is 13.2 Å². The number of carbonyl (C=O) groups excluding carboxylic acids is 2. The van der Waals surface area contributed by atoms with Crippen LogP contribution in [0.15, 0.2) is 36.1 Å². The zero-order chi connectivity index (χ0) is 17.9. The summed E-state index contributed by atoms with van der Waals surface area (Å²) in [4.78, 5) is 34.0. The van der Waals surface area contributed by atoms with Crippen molar-refractivity contribution in [1.82, 2.24) is 0 Å². The Kier molecular flexibility index (Phi) is 7.97. The van der Waals surface area contributed by atoms with E-state index in [4.69, 9.17) is 14.2 Å². The third kappa shape index (κ3) is 6.07. The number of hydrogen-bond donors (Lipinski definition) is 0. The van der Waals surface area contributed by atoms with E-state index < -0.39 is 22.6 Å². The highest BCUT2D eigenvalue weighted by molar-refractivity contribution is 5.95. The number of hydrogen-bond acceptors (Lipinski definition) is 7. The molecule has 8 heteroatoms. The molecule has 0 aromatic heterocycles. The standard InChI is InChI=1S/C16H19NO7/c1-3-9-22-15(18)11-14(16(19)23-10-4-2)24-13-8-6-5-7-12(13)17(20)21/h5-8,11H,3-4,9-10H2,1-2H3/b14-11+. The first-order valence-electron chi connectivity index (χ1n) is 7.46. The van der Waals surface area contributed by atoms with E-state index in [-0.39, 0.29) is 24.7 Å². The summed E-state index contributed by atoms with van der Waals surface area (Å²) in [5, 5.41) is 11.0. The molecule has 1 rings (SSSR count). The molecule has 130 valence electrons. The molecule has 0 unspecified atom stereocenters. The van der Waals surface area contributed by atoms with E-state index >= 15 is 0 Å². The van der Waals surface area contributed by atoms with Crippen LogP contribution >= 0.6 is 0 Å². The second-order valence-electron chi connectivity index (χ2n) is 4.64. The van der Waals surface area contributed by atoms with Crippen molar-refractivity contribution >= 4 is 17.6 Å². The quantitative estimate of drug-likeness (QED) is 0.224. The van der Waals surface area contributed by atoms with Crippen LogP contribution in [0.25, 0.3) is 0 Å². The van der Waals surface area contributed by atoms with Gasteiger partial charge in [-0.15, -0.1) is 0 Å². The highest BCUT2D eigenvalue weighted by Crippen LogP contribution is 2.27. The van der Waals surface area contributed by atoms with Crippen LogP contribution in [0.4, 0.5) is 5.69 Å². The highest BCUT2D eigenvalue weighted by Gasteiger charge is 2.21. The van der Waals surface area contributed by atoms with E-state index in [0.717, 1.165) is 6.08 Å². The van der Waals surface area contributed by atoms with Gasteiger partial charge in [-0.2, -0.15) is 0 Å². The molecule has 0 spiro atoms. The minimum atomic E-state index is -0.900. The highest BCUT2D eigenvalue weighted by atomic mass is 16.6. The van der Waals surface area contributed by atoms with Gasteiger partial charge in [0.25, 0.3) is 0 Å². The Labute approximate surface area is 139 Å². The first kappa shape index (κ1) is 19.1. The van der Waals surface area contributed by atoms with Crippen molar-refractivity contribution in [2.45, 2.75) is 26.7 Å². The average molecular weight is 337 g/mol. The molecule has 24 heavy (non-hydrogen) atoms. The molecular weight excluding hydrogens is 318 g/mol. The molecule has 0 fully saturated rings. The van der Waals surface area contributed by atoms with Crippen molar-refractivity contribution in [3.63, 3.8) is 0 Å². The second-order valence-corrected chi connectivity index (χ2v) is 4.64. The van der Waals surface area contributed by atoms with E-state index in [1.54, 1.807) is 6.92 Å². The summed E-state index contributed by atoms with van der Waals surface area (Å²) in [6.07, 6.45) is 2.01. The summed E-state index contributed by atoms with van der Waals surface area (Å²) < 4.78 is 15.0. The van der Waals surface area contributed by atoms with Crippen LogP contribution in [0, 0.1) is 10.1 Å². The Hall–Kier alpha value is -2.90. The molecule has 1 aromatic carbocycles. The Bertz CT molecular complexity index is 625. The molecule has 0 amide bonds. The van der Waals surface area contributed by atoms with Crippen molar-refractivity contribution < 1.29 is 28.7 Å². The van der Waals surface area contributed by atoms with Crippen LogP contribution in [-0.2, 0) is 19.1 Å².